The van der Waals surface area contributed by atoms with Gasteiger partial charge in [-0.1, -0.05) is 15.9 Å². The van der Waals surface area contributed by atoms with Gasteiger partial charge in [-0.15, -0.1) is 0 Å². The summed E-state index contributed by atoms with van der Waals surface area (Å²) in [5, 5.41) is 1.01. The Morgan fingerprint density at radius 2 is 1.88 bits per heavy atom. The molecule has 0 saturated heterocycles. The van der Waals surface area contributed by atoms with E-state index in [9.17, 15) is 4.39 Å². The lowest BCUT2D eigenvalue weighted by Crippen LogP contribution is -2.65. The van der Waals surface area contributed by atoms with E-state index in [4.69, 9.17) is 0 Å². The molecular formula is C6H8BrF. The Morgan fingerprint density at radius 3 is 2.00 bits per heavy atom. The Labute approximate surface area is 56.6 Å². The van der Waals surface area contributed by atoms with Gasteiger partial charge < -0.3 is 0 Å². The molecule has 0 nitrogen and oxygen atoms in total. The van der Waals surface area contributed by atoms with Gasteiger partial charge in [0.1, 0.15) is 5.67 Å². The van der Waals surface area contributed by atoms with E-state index in [1.165, 1.54) is 0 Å². The van der Waals surface area contributed by atoms with Crippen LogP contribution in [0.1, 0.15) is 19.3 Å². The summed E-state index contributed by atoms with van der Waals surface area (Å²) in [6.45, 7) is 0. The minimum absolute atomic E-state index is 0.411. The standard InChI is InChI=1S/C6H8BrF/c7-4-5-1-6(8,2-5)3-5/h1-4H2. The van der Waals surface area contributed by atoms with E-state index in [-0.39, 0.29) is 0 Å². The summed E-state index contributed by atoms with van der Waals surface area (Å²) >= 11 is 3.38. The molecule has 0 N–H and O–H groups in total. The summed E-state index contributed by atoms with van der Waals surface area (Å²) in [7, 11) is 0. The first-order valence-corrected chi connectivity index (χ1v) is 4.05. The minimum atomic E-state index is -0.701. The molecule has 0 amide bonds. The SMILES string of the molecule is FC12CC(CBr)(C1)C2. The molecule has 0 spiro atoms. The average Bonchev–Trinajstić information content (AvgIpc) is 1.55. The zero-order chi connectivity index (χ0) is 5.83. The second-order valence-corrected chi connectivity index (χ2v) is 3.88. The Kier molecular flexibility index (Phi) is 0.737. The highest BCUT2D eigenvalue weighted by atomic mass is 79.9. The summed E-state index contributed by atoms with van der Waals surface area (Å²) in [5.41, 5.74) is -0.289. The van der Waals surface area contributed by atoms with Crippen LogP contribution in [-0.4, -0.2) is 11.0 Å². The van der Waals surface area contributed by atoms with Crippen molar-refractivity contribution >= 4 is 15.9 Å². The molecule has 0 atom stereocenters. The molecule has 8 heavy (non-hydrogen) atoms. The normalized spacial score (nSPS) is 59.2. The predicted molar refractivity (Wildman–Crippen MR) is 33.9 cm³/mol. The van der Waals surface area contributed by atoms with Crippen LogP contribution in [-0.2, 0) is 0 Å². The fourth-order valence-corrected chi connectivity index (χ4v) is 2.60. The van der Waals surface area contributed by atoms with E-state index in [2.05, 4.69) is 15.9 Å². The Balaban J connectivity index is 2.04. The van der Waals surface area contributed by atoms with Crippen LogP contribution < -0.4 is 0 Å². The molecule has 0 aliphatic heterocycles. The van der Waals surface area contributed by atoms with E-state index in [1.54, 1.807) is 0 Å². The van der Waals surface area contributed by atoms with E-state index < -0.39 is 5.67 Å². The molecule has 0 unspecified atom stereocenters. The van der Waals surface area contributed by atoms with Gasteiger partial charge in [-0.2, -0.15) is 0 Å². The van der Waals surface area contributed by atoms with E-state index in [1.807, 2.05) is 0 Å². The van der Waals surface area contributed by atoms with Crippen LogP contribution >= 0.6 is 15.9 Å². The van der Waals surface area contributed by atoms with Crippen molar-refractivity contribution in [3.05, 3.63) is 0 Å². The smallest absolute Gasteiger partial charge is 0.112 e. The molecule has 0 aromatic carbocycles. The molecule has 3 saturated carbocycles. The van der Waals surface area contributed by atoms with Gasteiger partial charge in [0.25, 0.3) is 0 Å². The first kappa shape index (κ1) is 5.21. The molecule has 2 heteroatoms. The van der Waals surface area contributed by atoms with E-state index in [0.29, 0.717) is 5.41 Å². The van der Waals surface area contributed by atoms with Crippen molar-refractivity contribution in [3.63, 3.8) is 0 Å². The molecule has 0 radical (unpaired) electrons. The number of alkyl halides is 2. The highest BCUT2D eigenvalue weighted by Gasteiger charge is 2.68. The molecule has 0 aromatic rings. The summed E-state index contributed by atoms with van der Waals surface area (Å²) in [6.07, 6.45) is 2.47. The molecule has 46 valence electrons. The van der Waals surface area contributed by atoms with Crippen LogP contribution in [0, 0.1) is 5.41 Å². The first-order chi connectivity index (χ1) is 3.68. The lowest BCUT2D eigenvalue weighted by molar-refractivity contribution is -0.197. The molecule has 0 aromatic heterocycles. The van der Waals surface area contributed by atoms with Crippen LogP contribution in [0.5, 0.6) is 0 Å². The van der Waals surface area contributed by atoms with Crippen LogP contribution in [0.25, 0.3) is 0 Å². The van der Waals surface area contributed by atoms with Crippen LogP contribution in [0.3, 0.4) is 0 Å². The number of hydrogen-bond acceptors (Lipinski definition) is 0. The van der Waals surface area contributed by atoms with Crippen molar-refractivity contribution in [1.82, 2.24) is 0 Å². The van der Waals surface area contributed by atoms with E-state index in [0.717, 1.165) is 24.6 Å². The third-order valence-electron chi connectivity index (χ3n) is 2.36. The van der Waals surface area contributed by atoms with Gasteiger partial charge in [0.2, 0.25) is 0 Å². The van der Waals surface area contributed by atoms with Gasteiger partial charge in [0.15, 0.2) is 0 Å². The monoisotopic (exact) mass is 178 g/mol. The molecule has 0 heterocycles. The number of rotatable bonds is 1. The lowest BCUT2D eigenvalue weighted by atomic mass is 9.43. The van der Waals surface area contributed by atoms with Crippen molar-refractivity contribution in [2.75, 3.05) is 5.33 Å². The third kappa shape index (κ3) is 0.409. The molecule has 3 fully saturated rings. The average molecular weight is 179 g/mol. The zero-order valence-electron chi connectivity index (χ0n) is 4.58. The Morgan fingerprint density at radius 1 is 1.38 bits per heavy atom. The van der Waals surface area contributed by atoms with Crippen LogP contribution in [0.4, 0.5) is 4.39 Å². The highest BCUT2D eigenvalue weighted by molar-refractivity contribution is 9.09. The first-order valence-electron chi connectivity index (χ1n) is 2.93. The van der Waals surface area contributed by atoms with Gasteiger partial charge in [0, 0.05) is 5.33 Å². The van der Waals surface area contributed by atoms with Gasteiger partial charge in [-0.05, 0) is 24.7 Å². The second-order valence-electron chi connectivity index (χ2n) is 3.31. The Hall–Kier alpha value is 0.410. The fraction of sp³-hybridized carbons (Fsp3) is 1.00. The van der Waals surface area contributed by atoms with Crippen molar-refractivity contribution in [2.45, 2.75) is 24.9 Å². The third-order valence-corrected chi connectivity index (χ3v) is 3.55. The van der Waals surface area contributed by atoms with Crippen LogP contribution in [0.2, 0.25) is 0 Å². The maximum Gasteiger partial charge on any atom is 0.112 e. The van der Waals surface area contributed by atoms with Gasteiger partial charge in [0.05, 0.1) is 0 Å². The van der Waals surface area contributed by atoms with Crippen molar-refractivity contribution < 1.29 is 4.39 Å². The molecular weight excluding hydrogens is 171 g/mol. The highest BCUT2D eigenvalue weighted by Crippen LogP contribution is 2.69. The summed E-state index contributed by atoms with van der Waals surface area (Å²) in [5.74, 6) is 0. The predicted octanol–water partition coefficient (Wildman–Crippen LogP) is 2.27. The molecule has 3 aliphatic rings. The number of halogens is 2. The van der Waals surface area contributed by atoms with Gasteiger partial charge in [-0.25, -0.2) is 4.39 Å². The maximum atomic E-state index is 12.7. The van der Waals surface area contributed by atoms with Crippen molar-refractivity contribution in [2.24, 2.45) is 5.41 Å². The topological polar surface area (TPSA) is 0 Å². The Bertz CT molecular complexity index is 113. The number of hydrogen-bond donors (Lipinski definition) is 0. The minimum Gasteiger partial charge on any atom is -0.244 e. The van der Waals surface area contributed by atoms with E-state index >= 15 is 0 Å². The largest absolute Gasteiger partial charge is 0.244 e. The van der Waals surface area contributed by atoms with Crippen LogP contribution in [0.15, 0.2) is 0 Å². The second kappa shape index (κ2) is 1.13. The van der Waals surface area contributed by atoms with Gasteiger partial charge >= 0.3 is 0 Å². The summed E-state index contributed by atoms with van der Waals surface area (Å²) < 4.78 is 12.7. The maximum absolute atomic E-state index is 12.7. The zero-order valence-corrected chi connectivity index (χ0v) is 6.17. The summed E-state index contributed by atoms with van der Waals surface area (Å²) in [6, 6.07) is 0. The summed E-state index contributed by atoms with van der Waals surface area (Å²) in [4.78, 5) is 0. The quantitative estimate of drug-likeness (QED) is 0.541. The van der Waals surface area contributed by atoms with Gasteiger partial charge in [-0.3, -0.25) is 0 Å². The fourth-order valence-electron chi connectivity index (χ4n) is 2.00. The molecule has 2 bridgehead atoms. The van der Waals surface area contributed by atoms with Crippen molar-refractivity contribution in [3.8, 4) is 0 Å². The molecule has 3 rings (SSSR count). The molecule has 3 aliphatic carbocycles. The van der Waals surface area contributed by atoms with Crippen molar-refractivity contribution in [1.29, 1.82) is 0 Å². The lowest BCUT2D eigenvalue weighted by Gasteiger charge is -2.65.